The molecule has 0 spiro atoms. The van der Waals surface area contributed by atoms with Crippen LogP contribution in [0.2, 0.25) is 5.02 Å². The van der Waals surface area contributed by atoms with Gasteiger partial charge >= 0.3 is 0 Å². The lowest BCUT2D eigenvalue weighted by atomic mass is 10.00. The van der Waals surface area contributed by atoms with Crippen LogP contribution in [0, 0.1) is 12.8 Å². The second kappa shape index (κ2) is 7.37. The average molecular weight is 304 g/mol. The molecule has 0 aliphatic heterocycles. The van der Waals surface area contributed by atoms with Crippen molar-refractivity contribution in [3.63, 3.8) is 0 Å². The van der Waals surface area contributed by atoms with Crippen LogP contribution in [0.4, 0.5) is 0 Å². The van der Waals surface area contributed by atoms with E-state index in [-0.39, 0.29) is 18.4 Å². The van der Waals surface area contributed by atoms with Crippen LogP contribution in [0.1, 0.15) is 37.3 Å². The van der Waals surface area contributed by atoms with E-state index in [0.717, 1.165) is 31.1 Å². The molecule has 1 atom stereocenters. The summed E-state index contributed by atoms with van der Waals surface area (Å²) in [7, 11) is 0. The van der Waals surface area contributed by atoms with Crippen LogP contribution in [0.25, 0.3) is 0 Å². The zero-order valence-corrected chi connectivity index (χ0v) is 13.2. The number of ether oxygens (including phenoxy) is 1. The van der Waals surface area contributed by atoms with Gasteiger partial charge in [0.1, 0.15) is 5.75 Å². The number of halogens is 2. The van der Waals surface area contributed by atoms with Gasteiger partial charge < -0.3 is 10.5 Å². The summed E-state index contributed by atoms with van der Waals surface area (Å²) in [5.41, 5.74) is 8.44. The molecule has 1 aliphatic carbocycles. The summed E-state index contributed by atoms with van der Waals surface area (Å²) in [6.45, 7) is 5.00. The number of aryl methyl sites for hydroxylation is 1. The molecule has 0 saturated heterocycles. The number of hydrogen-bond donors (Lipinski definition) is 1. The molecule has 1 aliphatic rings. The molecule has 1 saturated carbocycles. The van der Waals surface area contributed by atoms with Crippen molar-refractivity contribution in [3.8, 4) is 5.75 Å². The van der Waals surface area contributed by atoms with Crippen LogP contribution in [0.15, 0.2) is 12.1 Å². The summed E-state index contributed by atoms with van der Waals surface area (Å²) in [4.78, 5) is 0. The fraction of sp³-hybridized carbons (Fsp3) is 0.600. The topological polar surface area (TPSA) is 35.2 Å². The minimum Gasteiger partial charge on any atom is -0.492 e. The molecule has 108 valence electrons. The summed E-state index contributed by atoms with van der Waals surface area (Å²) >= 11 is 6.27. The van der Waals surface area contributed by atoms with Crippen molar-refractivity contribution in [2.45, 2.75) is 45.6 Å². The van der Waals surface area contributed by atoms with E-state index in [9.17, 15) is 0 Å². The molecule has 0 aromatic heterocycles. The molecule has 0 heterocycles. The van der Waals surface area contributed by atoms with Crippen molar-refractivity contribution in [1.82, 2.24) is 0 Å². The van der Waals surface area contributed by atoms with Crippen LogP contribution in [0.5, 0.6) is 5.75 Å². The Morgan fingerprint density at radius 1 is 1.42 bits per heavy atom. The molecule has 2 N–H and O–H groups in total. The normalized spacial score (nSPS) is 15.8. The molecule has 1 unspecified atom stereocenters. The molecule has 1 aromatic carbocycles. The highest BCUT2D eigenvalue weighted by Gasteiger charge is 2.22. The lowest BCUT2D eigenvalue weighted by Crippen LogP contribution is -2.21. The first-order valence-electron chi connectivity index (χ1n) is 6.77. The monoisotopic (exact) mass is 303 g/mol. The van der Waals surface area contributed by atoms with Crippen LogP contribution < -0.4 is 10.5 Å². The van der Waals surface area contributed by atoms with Gasteiger partial charge in [-0.15, -0.1) is 12.4 Å². The highest BCUT2D eigenvalue weighted by atomic mass is 35.5. The Hall–Kier alpha value is -0.440. The zero-order valence-electron chi connectivity index (χ0n) is 11.6. The molecule has 0 amide bonds. The molecule has 2 nitrogen and oxygen atoms in total. The Bertz CT molecular complexity index is 419. The smallest absolute Gasteiger partial charge is 0.138 e. The van der Waals surface area contributed by atoms with Gasteiger partial charge in [0.2, 0.25) is 0 Å². The third kappa shape index (κ3) is 4.87. The minimum atomic E-state index is 0. The van der Waals surface area contributed by atoms with E-state index in [1.807, 2.05) is 12.1 Å². The van der Waals surface area contributed by atoms with E-state index in [1.54, 1.807) is 0 Å². The van der Waals surface area contributed by atoms with Crippen LogP contribution >= 0.6 is 24.0 Å². The van der Waals surface area contributed by atoms with E-state index in [4.69, 9.17) is 22.1 Å². The van der Waals surface area contributed by atoms with Gasteiger partial charge in [-0.25, -0.2) is 0 Å². The molecule has 2 rings (SSSR count). The first-order valence-corrected chi connectivity index (χ1v) is 7.15. The molecule has 0 radical (unpaired) electrons. The van der Waals surface area contributed by atoms with Gasteiger partial charge in [-0.2, -0.15) is 0 Å². The quantitative estimate of drug-likeness (QED) is 0.857. The molecule has 0 bridgehead atoms. The summed E-state index contributed by atoms with van der Waals surface area (Å²) in [5, 5.41) is 0.708. The Labute approximate surface area is 127 Å². The Kier molecular flexibility index (Phi) is 6.45. The predicted molar refractivity (Wildman–Crippen MR) is 83.6 cm³/mol. The highest BCUT2D eigenvalue weighted by Crippen LogP contribution is 2.33. The van der Waals surface area contributed by atoms with E-state index >= 15 is 0 Å². The standard InChI is InChI=1S/C15H22ClNO.ClH/c1-3-13(17)7-12-8-14(16)15(6-10(12)2)18-9-11-4-5-11;/h6,8,11,13H,3-5,7,9,17H2,1-2H3;1H. The summed E-state index contributed by atoms with van der Waals surface area (Å²) in [6, 6.07) is 4.26. The van der Waals surface area contributed by atoms with Crippen LogP contribution in [-0.4, -0.2) is 12.6 Å². The third-order valence-electron chi connectivity index (χ3n) is 3.57. The van der Waals surface area contributed by atoms with Gasteiger partial charge in [0.15, 0.2) is 0 Å². The second-order valence-corrected chi connectivity index (χ2v) is 5.74. The second-order valence-electron chi connectivity index (χ2n) is 5.34. The lowest BCUT2D eigenvalue weighted by Gasteiger charge is -2.14. The number of nitrogens with two attached hydrogens (primary N) is 1. The molecule has 1 aromatic rings. The van der Waals surface area contributed by atoms with Gasteiger partial charge in [-0.3, -0.25) is 0 Å². The number of benzene rings is 1. The molecule has 1 fully saturated rings. The fourth-order valence-corrected chi connectivity index (χ4v) is 2.19. The van der Waals surface area contributed by atoms with Crippen molar-refractivity contribution < 1.29 is 4.74 Å². The minimum absolute atomic E-state index is 0. The fourth-order valence-electron chi connectivity index (χ4n) is 1.95. The van der Waals surface area contributed by atoms with Crippen LogP contribution in [0.3, 0.4) is 0 Å². The SMILES string of the molecule is CCC(N)Cc1cc(Cl)c(OCC2CC2)cc1C.Cl. The van der Waals surface area contributed by atoms with Crippen molar-refractivity contribution in [2.24, 2.45) is 11.7 Å². The lowest BCUT2D eigenvalue weighted by molar-refractivity contribution is 0.299. The van der Waals surface area contributed by atoms with E-state index < -0.39 is 0 Å². The Morgan fingerprint density at radius 3 is 2.68 bits per heavy atom. The van der Waals surface area contributed by atoms with Gasteiger partial charge in [0, 0.05) is 6.04 Å². The molecular formula is C15H23Cl2NO. The molecular weight excluding hydrogens is 281 g/mol. The maximum atomic E-state index is 6.27. The average Bonchev–Trinajstić information content (AvgIpc) is 3.15. The predicted octanol–water partition coefficient (Wildman–Crippen LogP) is 4.14. The van der Waals surface area contributed by atoms with Crippen molar-refractivity contribution >= 4 is 24.0 Å². The van der Waals surface area contributed by atoms with E-state index in [0.29, 0.717) is 5.02 Å². The number of rotatable bonds is 6. The van der Waals surface area contributed by atoms with Gasteiger partial charge in [-0.05, 0) is 61.8 Å². The van der Waals surface area contributed by atoms with Crippen LogP contribution in [-0.2, 0) is 6.42 Å². The molecule has 4 heteroatoms. The summed E-state index contributed by atoms with van der Waals surface area (Å²) in [5.74, 6) is 1.56. The summed E-state index contributed by atoms with van der Waals surface area (Å²) < 4.78 is 5.76. The maximum Gasteiger partial charge on any atom is 0.138 e. The number of hydrogen-bond acceptors (Lipinski definition) is 2. The van der Waals surface area contributed by atoms with E-state index in [1.165, 1.54) is 24.0 Å². The van der Waals surface area contributed by atoms with E-state index in [2.05, 4.69) is 13.8 Å². The van der Waals surface area contributed by atoms with Gasteiger partial charge in [0.05, 0.1) is 11.6 Å². The first-order chi connectivity index (χ1) is 8.60. The van der Waals surface area contributed by atoms with Crippen molar-refractivity contribution in [1.29, 1.82) is 0 Å². The summed E-state index contributed by atoms with van der Waals surface area (Å²) in [6.07, 6.45) is 4.45. The first kappa shape index (κ1) is 16.6. The highest BCUT2D eigenvalue weighted by molar-refractivity contribution is 6.32. The zero-order chi connectivity index (χ0) is 13.1. The third-order valence-corrected chi connectivity index (χ3v) is 3.86. The van der Waals surface area contributed by atoms with Crippen molar-refractivity contribution in [3.05, 3.63) is 28.3 Å². The molecule has 19 heavy (non-hydrogen) atoms. The van der Waals surface area contributed by atoms with Gasteiger partial charge in [-0.1, -0.05) is 18.5 Å². The largest absolute Gasteiger partial charge is 0.492 e. The Balaban J connectivity index is 0.00000180. The van der Waals surface area contributed by atoms with Gasteiger partial charge in [0.25, 0.3) is 0 Å². The maximum absolute atomic E-state index is 6.27. The Morgan fingerprint density at radius 2 is 2.11 bits per heavy atom. The van der Waals surface area contributed by atoms with Crippen molar-refractivity contribution in [2.75, 3.05) is 6.61 Å².